The van der Waals surface area contributed by atoms with Crippen LogP contribution < -0.4 is 5.32 Å². The molecule has 0 spiro atoms. The Bertz CT molecular complexity index is 649. The lowest BCUT2D eigenvalue weighted by Gasteiger charge is -2.14. The van der Waals surface area contributed by atoms with E-state index in [2.05, 4.69) is 5.32 Å². The van der Waals surface area contributed by atoms with Crippen molar-refractivity contribution in [3.05, 3.63) is 65.0 Å². The molecular weight excluding hydrogens is 255 g/mol. The summed E-state index contributed by atoms with van der Waals surface area (Å²) < 4.78 is 13.4. The summed E-state index contributed by atoms with van der Waals surface area (Å²) in [6, 6.07) is 13.7. The van der Waals surface area contributed by atoms with Crippen molar-refractivity contribution in [3.63, 3.8) is 0 Å². The number of nitriles is 1. The Kier molecular flexibility index (Phi) is 4.34. The van der Waals surface area contributed by atoms with Crippen molar-refractivity contribution in [1.29, 1.82) is 5.26 Å². The van der Waals surface area contributed by atoms with E-state index in [1.165, 1.54) is 12.1 Å². The second kappa shape index (κ2) is 6.18. The second-order valence-electron chi connectivity index (χ2n) is 4.59. The average molecular weight is 270 g/mol. The fraction of sp³-hybridized carbons (Fsp3) is 0.188. The van der Waals surface area contributed by atoms with Gasteiger partial charge in [0.2, 0.25) is 0 Å². The molecule has 0 aliphatic heterocycles. The number of aliphatic hydroxyl groups excluding tert-OH is 1. The van der Waals surface area contributed by atoms with Crippen molar-refractivity contribution < 1.29 is 9.50 Å². The molecule has 2 aromatic rings. The quantitative estimate of drug-likeness (QED) is 0.897. The smallest absolute Gasteiger partial charge is 0.143 e. The molecule has 102 valence electrons. The first-order valence-corrected chi connectivity index (χ1v) is 6.29. The largest absolute Gasteiger partial charge is 0.387 e. The minimum Gasteiger partial charge on any atom is -0.387 e. The van der Waals surface area contributed by atoms with Crippen LogP contribution in [0.3, 0.4) is 0 Å². The summed E-state index contributed by atoms with van der Waals surface area (Å²) in [4.78, 5) is 0. The third-order valence-electron chi connectivity index (χ3n) is 3.04. The number of nitrogens with one attached hydrogen (secondary N) is 1. The molecule has 0 saturated carbocycles. The van der Waals surface area contributed by atoms with Crippen molar-refractivity contribution in [2.24, 2.45) is 0 Å². The van der Waals surface area contributed by atoms with Crippen LogP contribution in [0.2, 0.25) is 0 Å². The number of rotatable bonds is 4. The molecule has 0 bridgehead atoms. The van der Waals surface area contributed by atoms with E-state index in [-0.39, 0.29) is 12.1 Å². The Morgan fingerprint density at radius 2 is 2.05 bits per heavy atom. The van der Waals surface area contributed by atoms with E-state index < -0.39 is 11.9 Å². The number of hydrogen-bond donors (Lipinski definition) is 2. The van der Waals surface area contributed by atoms with Gasteiger partial charge in [-0.25, -0.2) is 4.39 Å². The van der Waals surface area contributed by atoms with E-state index in [1.54, 1.807) is 6.07 Å². The molecule has 0 saturated heterocycles. The van der Waals surface area contributed by atoms with Crippen LogP contribution in [0.5, 0.6) is 0 Å². The Labute approximate surface area is 117 Å². The van der Waals surface area contributed by atoms with Crippen LogP contribution in [0.15, 0.2) is 42.5 Å². The molecule has 0 aliphatic rings. The first-order chi connectivity index (χ1) is 9.61. The number of anilines is 1. The van der Waals surface area contributed by atoms with Gasteiger partial charge >= 0.3 is 0 Å². The van der Waals surface area contributed by atoms with Crippen LogP contribution in [-0.4, -0.2) is 11.7 Å². The minimum absolute atomic E-state index is 0.0380. The number of benzene rings is 2. The maximum absolute atomic E-state index is 13.4. The molecule has 2 aromatic carbocycles. The van der Waals surface area contributed by atoms with E-state index in [0.29, 0.717) is 5.69 Å². The van der Waals surface area contributed by atoms with Crippen LogP contribution in [-0.2, 0) is 0 Å². The first-order valence-electron chi connectivity index (χ1n) is 6.29. The van der Waals surface area contributed by atoms with Crippen molar-refractivity contribution in [2.75, 3.05) is 11.9 Å². The van der Waals surface area contributed by atoms with Gasteiger partial charge in [0, 0.05) is 6.54 Å². The zero-order valence-corrected chi connectivity index (χ0v) is 11.1. The van der Waals surface area contributed by atoms with Gasteiger partial charge in [-0.1, -0.05) is 35.9 Å². The zero-order valence-electron chi connectivity index (χ0n) is 11.1. The monoisotopic (exact) mass is 270 g/mol. The summed E-state index contributed by atoms with van der Waals surface area (Å²) in [7, 11) is 0. The SMILES string of the molecule is Cc1cccc(C(O)CNc2cccc(F)c2C#N)c1. The molecule has 0 aromatic heterocycles. The molecule has 2 N–H and O–H groups in total. The summed E-state index contributed by atoms with van der Waals surface area (Å²) >= 11 is 0. The van der Waals surface area contributed by atoms with Gasteiger partial charge in [0.1, 0.15) is 17.4 Å². The molecule has 3 nitrogen and oxygen atoms in total. The highest BCUT2D eigenvalue weighted by Gasteiger charge is 2.11. The molecule has 0 amide bonds. The average Bonchev–Trinajstić information content (AvgIpc) is 2.44. The van der Waals surface area contributed by atoms with Crippen molar-refractivity contribution in [3.8, 4) is 6.07 Å². The highest BCUT2D eigenvalue weighted by Crippen LogP contribution is 2.20. The summed E-state index contributed by atoms with van der Waals surface area (Å²) in [5.41, 5.74) is 2.19. The maximum Gasteiger partial charge on any atom is 0.143 e. The molecule has 1 atom stereocenters. The lowest BCUT2D eigenvalue weighted by atomic mass is 10.1. The molecule has 0 aliphatic carbocycles. The van der Waals surface area contributed by atoms with E-state index in [9.17, 15) is 9.50 Å². The van der Waals surface area contributed by atoms with Gasteiger partial charge in [-0.2, -0.15) is 5.26 Å². The number of nitrogens with zero attached hydrogens (tertiary/aromatic N) is 1. The molecular formula is C16H15FN2O. The normalized spacial score (nSPS) is 11.7. The van der Waals surface area contributed by atoms with Gasteiger partial charge in [-0.3, -0.25) is 0 Å². The lowest BCUT2D eigenvalue weighted by Crippen LogP contribution is -2.13. The third kappa shape index (κ3) is 3.14. The van der Waals surface area contributed by atoms with Crippen LogP contribution in [0.25, 0.3) is 0 Å². The van der Waals surface area contributed by atoms with E-state index in [1.807, 2.05) is 37.3 Å². The third-order valence-corrected chi connectivity index (χ3v) is 3.04. The molecule has 0 fully saturated rings. The van der Waals surface area contributed by atoms with Crippen LogP contribution in [0, 0.1) is 24.1 Å². The summed E-state index contributed by atoms with van der Waals surface area (Å²) in [6.07, 6.45) is -0.718. The van der Waals surface area contributed by atoms with Gasteiger partial charge in [0.05, 0.1) is 11.8 Å². The van der Waals surface area contributed by atoms with Crippen LogP contribution in [0.4, 0.5) is 10.1 Å². The van der Waals surface area contributed by atoms with Gasteiger partial charge in [-0.15, -0.1) is 0 Å². The molecule has 0 radical (unpaired) electrons. The van der Waals surface area contributed by atoms with E-state index in [0.717, 1.165) is 11.1 Å². The number of aryl methyl sites for hydroxylation is 1. The molecule has 20 heavy (non-hydrogen) atoms. The summed E-state index contributed by atoms with van der Waals surface area (Å²) in [5, 5.41) is 21.9. The Hall–Kier alpha value is -2.38. The summed E-state index contributed by atoms with van der Waals surface area (Å²) in [5.74, 6) is -0.567. The van der Waals surface area contributed by atoms with Crippen molar-refractivity contribution in [1.82, 2.24) is 0 Å². The number of aliphatic hydroxyl groups is 1. The molecule has 0 heterocycles. The van der Waals surface area contributed by atoms with Crippen LogP contribution in [0.1, 0.15) is 22.8 Å². The van der Waals surface area contributed by atoms with E-state index >= 15 is 0 Å². The highest BCUT2D eigenvalue weighted by molar-refractivity contribution is 5.58. The number of halogens is 1. The lowest BCUT2D eigenvalue weighted by molar-refractivity contribution is 0.191. The predicted molar refractivity (Wildman–Crippen MR) is 75.7 cm³/mol. The van der Waals surface area contributed by atoms with Gasteiger partial charge in [0.15, 0.2) is 0 Å². The Morgan fingerprint density at radius 3 is 2.75 bits per heavy atom. The standard InChI is InChI=1S/C16H15FN2O/c1-11-4-2-5-12(8-11)16(20)10-19-15-7-3-6-14(17)13(15)9-18/h2-8,16,19-20H,10H2,1H3. The van der Waals surface area contributed by atoms with Gasteiger partial charge in [0.25, 0.3) is 0 Å². The summed E-state index contributed by atoms with van der Waals surface area (Å²) in [6.45, 7) is 2.16. The van der Waals surface area contributed by atoms with Gasteiger partial charge < -0.3 is 10.4 Å². The fourth-order valence-electron chi connectivity index (χ4n) is 1.99. The second-order valence-corrected chi connectivity index (χ2v) is 4.59. The predicted octanol–water partition coefficient (Wildman–Crippen LogP) is 3.15. The first kappa shape index (κ1) is 14.0. The van der Waals surface area contributed by atoms with E-state index in [4.69, 9.17) is 5.26 Å². The molecule has 4 heteroatoms. The molecule has 1 unspecified atom stereocenters. The maximum atomic E-state index is 13.4. The van der Waals surface area contributed by atoms with Crippen LogP contribution >= 0.6 is 0 Å². The topological polar surface area (TPSA) is 56.0 Å². The zero-order chi connectivity index (χ0) is 14.5. The number of hydrogen-bond acceptors (Lipinski definition) is 3. The Morgan fingerprint density at radius 1 is 1.30 bits per heavy atom. The molecule has 2 rings (SSSR count). The van der Waals surface area contributed by atoms with Crippen molar-refractivity contribution >= 4 is 5.69 Å². The minimum atomic E-state index is -0.718. The van der Waals surface area contributed by atoms with Gasteiger partial charge in [-0.05, 0) is 24.6 Å². The Balaban J connectivity index is 2.10. The van der Waals surface area contributed by atoms with Crippen molar-refractivity contribution in [2.45, 2.75) is 13.0 Å². The fourth-order valence-corrected chi connectivity index (χ4v) is 1.99. The highest BCUT2D eigenvalue weighted by atomic mass is 19.1.